The number of hydrogen-bond donors (Lipinski definition) is 3. The highest BCUT2D eigenvalue weighted by Crippen LogP contribution is 2.29. The molecule has 1 rings (SSSR count). The minimum Gasteiger partial charge on any atom is -0.480 e. The molecule has 0 bridgehead atoms. The van der Waals surface area contributed by atoms with Crippen molar-refractivity contribution in [3.05, 3.63) is 0 Å². The van der Waals surface area contributed by atoms with Gasteiger partial charge in [0.15, 0.2) is 0 Å². The van der Waals surface area contributed by atoms with Crippen molar-refractivity contribution in [2.75, 3.05) is 18.6 Å². The number of nitrogens with one attached hydrogen (secondary N) is 2. The van der Waals surface area contributed by atoms with Gasteiger partial charge in [0.2, 0.25) is 0 Å². The van der Waals surface area contributed by atoms with Crippen LogP contribution in [0.3, 0.4) is 0 Å². The van der Waals surface area contributed by atoms with Gasteiger partial charge in [0.25, 0.3) is 0 Å². The summed E-state index contributed by atoms with van der Waals surface area (Å²) in [6, 6.07) is -1.17. The summed E-state index contributed by atoms with van der Waals surface area (Å²) in [6.07, 6.45) is 8.42. The van der Waals surface area contributed by atoms with Crippen LogP contribution >= 0.6 is 11.8 Å². The number of carboxylic acids is 1. The van der Waals surface area contributed by atoms with Crippen molar-refractivity contribution in [3.63, 3.8) is 0 Å². The highest BCUT2D eigenvalue weighted by Gasteiger charge is 2.20. The smallest absolute Gasteiger partial charge is 0.326 e. The third kappa shape index (κ3) is 7.60. The number of rotatable bonds is 8. The Kier molecular flexibility index (Phi) is 8.57. The number of carbonyl (C=O) groups excluding carboxylic acids is 1. The first-order valence-electron chi connectivity index (χ1n) is 7.79. The average Bonchev–Trinajstić information content (AvgIpc) is 2.45. The molecule has 0 aromatic rings. The van der Waals surface area contributed by atoms with Gasteiger partial charge in [0.1, 0.15) is 6.04 Å². The van der Waals surface area contributed by atoms with Crippen LogP contribution in [0.25, 0.3) is 0 Å². The molecule has 0 heterocycles. The molecule has 1 fully saturated rings. The summed E-state index contributed by atoms with van der Waals surface area (Å²) >= 11 is 1.58. The van der Waals surface area contributed by atoms with E-state index in [-0.39, 0.29) is 6.03 Å². The highest BCUT2D eigenvalue weighted by atomic mass is 32.2. The number of thioether (sulfide) groups is 1. The number of amides is 2. The molecule has 0 saturated heterocycles. The van der Waals surface area contributed by atoms with E-state index in [0.717, 1.165) is 18.1 Å². The maximum absolute atomic E-state index is 11.7. The Morgan fingerprint density at radius 2 is 1.95 bits per heavy atom. The summed E-state index contributed by atoms with van der Waals surface area (Å²) in [5.41, 5.74) is 0. The van der Waals surface area contributed by atoms with Crippen LogP contribution in [-0.2, 0) is 4.79 Å². The maximum atomic E-state index is 11.7. The summed E-state index contributed by atoms with van der Waals surface area (Å²) < 4.78 is 0. The van der Waals surface area contributed by atoms with E-state index in [4.69, 9.17) is 5.11 Å². The summed E-state index contributed by atoms with van der Waals surface area (Å²) in [6.45, 7) is 2.92. The summed E-state index contributed by atoms with van der Waals surface area (Å²) in [4.78, 5) is 22.8. The lowest BCUT2D eigenvalue weighted by Gasteiger charge is -2.26. The van der Waals surface area contributed by atoms with Gasteiger partial charge in [-0.3, -0.25) is 0 Å². The lowest BCUT2D eigenvalue weighted by atomic mass is 9.81. The van der Waals surface area contributed by atoms with Crippen molar-refractivity contribution in [2.24, 2.45) is 11.8 Å². The fraction of sp³-hybridized carbons (Fsp3) is 0.867. The number of hydrogen-bond acceptors (Lipinski definition) is 3. The van der Waals surface area contributed by atoms with Crippen LogP contribution in [0.4, 0.5) is 4.79 Å². The van der Waals surface area contributed by atoms with Crippen LogP contribution in [0.15, 0.2) is 0 Å². The van der Waals surface area contributed by atoms with Crippen LogP contribution in [0.1, 0.15) is 45.4 Å². The van der Waals surface area contributed by atoms with Gasteiger partial charge in [-0.1, -0.05) is 32.6 Å². The van der Waals surface area contributed by atoms with E-state index in [2.05, 4.69) is 17.6 Å². The Balaban J connectivity index is 2.18. The van der Waals surface area contributed by atoms with E-state index in [0.29, 0.717) is 18.9 Å². The number of aliphatic carboxylic acids is 1. The largest absolute Gasteiger partial charge is 0.480 e. The molecule has 3 N–H and O–H groups in total. The molecule has 0 spiro atoms. The molecule has 122 valence electrons. The van der Waals surface area contributed by atoms with Gasteiger partial charge in [0, 0.05) is 6.54 Å². The lowest BCUT2D eigenvalue weighted by Crippen LogP contribution is -2.46. The minimum absolute atomic E-state index is 0.368. The standard InChI is InChI=1S/C15H28N2O3S/c1-11-3-5-12(6-4-11)7-9-16-15(20)17-13(14(18)19)8-10-21-2/h11-13H,3-10H2,1-2H3,(H,18,19)(H2,16,17,20). The number of urea groups is 1. The highest BCUT2D eigenvalue weighted by molar-refractivity contribution is 7.98. The van der Waals surface area contributed by atoms with E-state index in [1.807, 2.05) is 6.26 Å². The van der Waals surface area contributed by atoms with E-state index in [1.165, 1.54) is 25.7 Å². The summed E-state index contributed by atoms with van der Waals surface area (Å²) in [5.74, 6) is 1.29. The Morgan fingerprint density at radius 3 is 2.52 bits per heavy atom. The SMILES string of the molecule is CSCCC(NC(=O)NCCC1CCC(C)CC1)C(=O)O. The maximum Gasteiger partial charge on any atom is 0.326 e. The van der Waals surface area contributed by atoms with E-state index in [9.17, 15) is 9.59 Å². The van der Waals surface area contributed by atoms with Crippen molar-refractivity contribution in [1.29, 1.82) is 0 Å². The van der Waals surface area contributed by atoms with E-state index in [1.54, 1.807) is 11.8 Å². The molecule has 0 aliphatic heterocycles. The molecular weight excluding hydrogens is 288 g/mol. The third-order valence-corrected chi connectivity index (χ3v) is 4.83. The van der Waals surface area contributed by atoms with Crippen LogP contribution in [-0.4, -0.2) is 41.7 Å². The topological polar surface area (TPSA) is 78.4 Å². The second-order valence-corrected chi connectivity index (χ2v) is 6.97. The molecule has 1 atom stereocenters. The van der Waals surface area contributed by atoms with Gasteiger partial charge < -0.3 is 15.7 Å². The van der Waals surface area contributed by atoms with Gasteiger partial charge in [-0.2, -0.15) is 11.8 Å². The zero-order valence-corrected chi connectivity index (χ0v) is 13.9. The van der Waals surface area contributed by atoms with Gasteiger partial charge in [-0.05, 0) is 36.7 Å². The summed E-state index contributed by atoms with van der Waals surface area (Å²) in [5, 5.41) is 14.4. The molecule has 0 radical (unpaired) electrons. The van der Waals surface area contributed by atoms with Crippen LogP contribution < -0.4 is 10.6 Å². The third-order valence-electron chi connectivity index (χ3n) is 4.19. The molecule has 1 saturated carbocycles. The van der Waals surface area contributed by atoms with Crippen molar-refractivity contribution < 1.29 is 14.7 Å². The predicted octanol–water partition coefficient (Wildman–Crippen LogP) is 2.71. The Hall–Kier alpha value is -0.910. The second-order valence-electron chi connectivity index (χ2n) is 5.99. The molecule has 1 unspecified atom stereocenters. The lowest BCUT2D eigenvalue weighted by molar-refractivity contribution is -0.139. The quantitative estimate of drug-likeness (QED) is 0.643. The second kappa shape index (κ2) is 9.92. The van der Waals surface area contributed by atoms with Gasteiger partial charge in [-0.25, -0.2) is 9.59 Å². The summed E-state index contributed by atoms with van der Waals surface area (Å²) in [7, 11) is 0. The zero-order valence-electron chi connectivity index (χ0n) is 13.1. The van der Waals surface area contributed by atoms with Crippen molar-refractivity contribution in [1.82, 2.24) is 10.6 Å². The van der Waals surface area contributed by atoms with Crippen LogP contribution in [0.2, 0.25) is 0 Å². The molecule has 21 heavy (non-hydrogen) atoms. The molecular formula is C15H28N2O3S. The molecule has 6 heteroatoms. The van der Waals surface area contributed by atoms with Gasteiger partial charge in [0.05, 0.1) is 0 Å². The first kappa shape index (κ1) is 18.1. The first-order valence-corrected chi connectivity index (χ1v) is 9.18. The normalized spacial score (nSPS) is 23.3. The minimum atomic E-state index is -0.972. The van der Waals surface area contributed by atoms with Gasteiger partial charge >= 0.3 is 12.0 Å². The van der Waals surface area contributed by atoms with Crippen molar-refractivity contribution >= 4 is 23.8 Å². The molecule has 1 aliphatic carbocycles. The molecule has 1 aliphatic rings. The van der Waals surface area contributed by atoms with Crippen molar-refractivity contribution in [2.45, 2.75) is 51.5 Å². The predicted molar refractivity (Wildman–Crippen MR) is 86.7 cm³/mol. The number of carboxylic acid groups (broad SMARTS) is 1. The fourth-order valence-electron chi connectivity index (χ4n) is 2.71. The molecule has 0 aromatic carbocycles. The fourth-order valence-corrected chi connectivity index (χ4v) is 3.18. The van der Waals surface area contributed by atoms with Crippen LogP contribution in [0.5, 0.6) is 0 Å². The van der Waals surface area contributed by atoms with Crippen LogP contribution in [0, 0.1) is 11.8 Å². The zero-order chi connectivity index (χ0) is 15.7. The molecule has 0 aromatic heterocycles. The Morgan fingerprint density at radius 1 is 1.29 bits per heavy atom. The monoisotopic (exact) mass is 316 g/mol. The number of carbonyl (C=O) groups is 2. The van der Waals surface area contributed by atoms with E-state index >= 15 is 0 Å². The first-order chi connectivity index (χ1) is 10.0. The molecule has 2 amide bonds. The van der Waals surface area contributed by atoms with Crippen molar-refractivity contribution in [3.8, 4) is 0 Å². The Bertz CT molecular complexity index is 331. The average molecular weight is 316 g/mol. The molecule has 5 nitrogen and oxygen atoms in total. The van der Waals surface area contributed by atoms with E-state index < -0.39 is 12.0 Å². The van der Waals surface area contributed by atoms with Gasteiger partial charge in [-0.15, -0.1) is 0 Å². The Labute approximate surface area is 131 Å².